The SMILES string of the molecule is CS(=O)Nc1ccc(OC(C)(C)CCN2CCNCC2)cc1. The van der Waals surface area contributed by atoms with Crippen LogP contribution in [0.25, 0.3) is 0 Å². The summed E-state index contributed by atoms with van der Waals surface area (Å²) in [7, 11) is -1.05. The second-order valence-electron chi connectivity index (χ2n) is 6.28. The highest BCUT2D eigenvalue weighted by atomic mass is 32.2. The highest BCUT2D eigenvalue weighted by Gasteiger charge is 2.21. The van der Waals surface area contributed by atoms with E-state index in [-0.39, 0.29) is 5.60 Å². The first kappa shape index (κ1) is 17.2. The maximum absolute atomic E-state index is 11.1. The van der Waals surface area contributed by atoms with Crippen LogP contribution in [0.15, 0.2) is 24.3 Å². The fourth-order valence-electron chi connectivity index (χ4n) is 2.49. The van der Waals surface area contributed by atoms with Gasteiger partial charge in [0.15, 0.2) is 0 Å². The first-order valence-corrected chi connectivity index (χ1v) is 9.33. The number of benzene rings is 1. The highest BCUT2D eigenvalue weighted by Crippen LogP contribution is 2.23. The normalized spacial score (nSPS) is 18.0. The van der Waals surface area contributed by atoms with E-state index in [1.807, 2.05) is 24.3 Å². The van der Waals surface area contributed by atoms with Crippen LogP contribution in [0, 0.1) is 0 Å². The fourth-order valence-corrected chi connectivity index (χ4v) is 2.96. The Kier molecular flexibility index (Phi) is 6.23. The van der Waals surface area contributed by atoms with Gasteiger partial charge in [0.2, 0.25) is 0 Å². The number of anilines is 1. The third-order valence-electron chi connectivity index (χ3n) is 3.75. The molecule has 0 saturated carbocycles. The van der Waals surface area contributed by atoms with E-state index >= 15 is 0 Å². The molecule has 1 aromatic carbocycles. The summed E-state index contributed by atoms with van der Waals surface area (Å²) in [5, 5.41) is 3.37. The number of hydrogen-bond acceptors (Lipinski definition) is 4. The Hall–Kier alpha value is -1.11. The minimum atomic E-state index is -1.05. The number of piperazine rings is 1. The molecule has 0 amide bonds. The van der Waals surface area contributed by atoms with Crippen molar-refractivity contribution < 1.29 is 8.95 Å². The van der Waals surface area contributed by atoms with Crippen molar-refractivity contribution in [2.45, 2.75) is 25.9 Å². The smallest absolute Gasteiger partial charge is 0.120 e. The number of rotatable bonds is 7. The zero-order chi connectivity index (χ0) is 16.0. The molecule has 0 aliphatic carbocycles. The number of ether oxygens (including phenoxy) is 1. The van der Waals surface area contributed by atoms with Crippen LogP contribution in [0.5, 0.6) is 5.75 Å². The third-order valence-corrected chi connectivity index (χ3v) is 4.27. The molecule has 5 nitrogen and oxygen atoms in total. The van der Waals surface area contributed by atoms with Gasteiger partial charge in [-0.2, -0.15) is 0 Å². The predicted molar refractivity (Wildman–Crippen MR) is 92.8 cm³/mol. The lowest BCUT2D eigenvalue weighted by Gasteiger charge is -2.32. The number of hydrogen-bond donors (Lipinski definition) is 2. The van der Waals surface area contributed by atoms with Gasteiger partial charge in [0, 0.05) is 44.7 Å². The second kappa shape index (κ2) is 7.94. The average Bonchev–Trinajstić information content (AvgIpc) is 2.48. The van der Waals surface area contributed by atoms with E-state index in [1.165, 1.54) is 0 Å². The molecular formula is C16H27N3O2S. The van der Waals surface area contributed by atoms with Crippen molar-refractivity contribution in [1.82, 2.24) is 10.2 Å². The fraction of sp³-hybridized carbons (Fsp3) is 0.625. The predicted octanol–water partition coefficient (Wildman–Crippen LogP) is 1.84. The van der Waals surface area contributed by atoms with E-state index in [0.717, 1.165) is 50.6 Å². The van der Waals surface area contributed by atoms with Crippen LogP contribution in [0.2, 0.25) is 0 Å². The van der Waals surface area contributed by atoms with Crippen LogP contribution in [-0.4, -0.2) is 53.7 Å². The van der Waals surface area contributed by atoms with Crippen molar-refractivity contribution in [2.75, 3.05) is 43.7 Å². The minimum Gasteiger partial charge on any atom is -0.488 e. The van der Waals surface area contributed by atoms with Crippen LogP contribution in [-0.2, 0) is 11.0 Å². The van der Waals surface area contributed by atoms with Gasteiger partial charge in [-0.05, 0) is 44.5 Å². The van der Waals surface area contributed by atoms with Crippen LogP contribution in [0.4, 0.5) is 5.69 Å². The summed E-state index contributed by atoms with van der Waals surface area (Å²) in [6.45, 7) is 9.70. The molecule has 2 N–H and O–H groups in total. The quantitative estimate of drug-likeness (QED) is 0.803. The Labute approximate surface area is 136 Å². The lowest BCUT2D eigenvalue weighted by Crippen LogP contribution is -2.45. The molecule has 1 saturated heterocycles. The molecule has 1 heterocycles. The van der Waals surface area contributed by atoms with E-state index in [1.54, 1.807) is 6.26 Å². The maximum atomic E-state index is 11.1. The highest BCUT2D eigenvalue weighted by molar-refractivity contribution is 7.85. The Morgan fingerprint density at radius 2 is 1.91 bits per heavy atom. The summed E-state index contributed by atoms with van der Waals surface area (Å²) in [6, 6.07) is 7.62. The Morgan fingerprint density at radius 1 is 1.27 bits per heavy atom. The first-order chi connectivity index (χ1) is 10.4. The molecule has 0 aromatic heterocycles. The second-order valence-corrected chi connectivity index (χ2v) is 7.40. The molecule has 0 bridgehead atoms. The summed E-state index contributed by atoms with van der Waals surface area (Å²) in [5.41, 5.74) is 0.639. The largest absolute Gasteiger partial charge is 0.488 e. The Morgan fingerprint density at radius 3 is 2.50 bits per heavy atom. The molecule has 1 fully saturated rings. The molecule has 0 radical (unpaired) electrons. The van der Waals surface area contributed by atoms with Crippen molar-refractivity contribution in [2.24, 2.45) is 0 Å². The van der Waals surface area contributed by atoms with Crippen molar-refractivity contribution in [3.8, 4) is 5.75 Å². The molecule has 2 rings (SSSR count). The third kappa shape index (κ3) is 5.94. The Balaban J connectivity index is 1.83. The van der Waals surface area contributed by atoms with Crippen LogP contribution in [0.1, 0.15) is 20.3 Å². The molecule has 1 aliphatic rings. The van der Waals surface area contributed by atoms with Gasteiger partial charge in [-0.3, -0.25) is 0 Å². The lowest BCUT2D eigenvalue weighted by atomic mass is 10.0. The lowest BCUT2D eigenvalue weighted by molar-refractivity contribution is 0.0809. The topological polar surface area (TPSA) is 53.6 Å². The minimum absolute atomic E-state index is 0.201. The van der Waals surface area contributed by atoms with Crippen molar-refractivity contribution >= 4 is 16.7 Å². The van der Waals surface area contributed by atoms with Gasteiger partial charge in [0.1, 0.15) is 22.3 Å². The van der Waals surface area contributed by atoms with E-state index in [9.17, 15) is 4.21 Å². The van der Waals surface area contributed by atoms with Crippen molar-refractivity contribution in [3.05, 3.63) is 24.3 Å². The molecular weight excluding hydrogens is 298 g/mol. The van der Waals surface area contributed by atoms with Crippen LogP contribution in [0.3, 0.4) is 0 Å². The van der Waals surface area contributed by atoms with Gasteiger partial charge in [-0.25, -0.2) is 4.21 Å². The van der Waals surface area contributed by atoms with Gasteiger partial charge >= 0.3 is 0 Å². The number of nitrogens with zero attached hydrogens (tertiary/aromatic N) is 1. The van der Waals surface area contributed by atoms with Crippen LogP contribution < -0.4 is 14.8 Å². The van der Waals surface area contributed by atoms with E-state index in [0.29, 0.717) is 0 Å². The monoisotopic (exact) mass is 325 g/mol. The zero-order valence-electron chi connectivity index (χ0n) is 13.7. The molecule has 124 valence electrons. The Bertz CT molecular complexity index is 485. The van der Waals surface area contributed by atoms with Gasteiger partial charge in [0.25, 0.3) is 0 Å². The van der Waals surface area contributed by atoms with Gasteiger partial charge in [0.05, 0.1) is 0 Å². The summed E-state index contributed by atoms with van der Waals surface area (Å²) >= 11 is 0. The summed E-state index contributed by atoms with van der Waals surface area (Å²) in [4.78, 5) is 2.48. The maximum Gasteiger partial charge on any atom is 0.120 e. The van der Waals surface area contributed by atoms with E-state index < -0.39 is 11.0 Å². The van der Waals surface area contributed by atoms with E-state index in [4.69, 9.17) is 4.74 Å². The summed E-state index contributed by atoms with van der Waals surface area (Å²) in [6.07, 6.45) is 2.61. The standard InChI is InChI=1S/C16H27N3O2S/c1-16(2,8-11-19-12-9-17-10-13-19)21-15-6-4-14(5-7-15)18-22(3)20/h4-7,17-18H,8-13H2,1-3H3. The van der Waals surface area contributed by atoms with Crippen molar-refractivity contribution in [3.63, 3.8) is 0 Å². The molecule has 22 heavy (non-hydrogen) atoms. The summed E-state index contributed by atoms with van der Waals surface area (Å²) in [5.74, 6) is 0.845. The van der Waals surface area contributed by atoms with E-state index in [2.05, 4.69) is 28.8 Å². The van der Waals surface area contributed by atoms with Gasteiger partial charge in [-0.15, -0.1) is 0 Å². The average molecular weight is 325 g/mol. The van der Waals surface area contributed by atoms with Crippen molar-refractivity contribution in [1.29, 1.82) is 0 Å². The molecule has 1 aromatic rings. The summed E-state index contributed by atoms with van der Waals surface area (Å²) < 4.78 is 20.1. The van der Waals surface area contributed by atoms with Gasteiger partial charge in [-0.1, -0.05) is 0 Å². The molecule has 1 atom stereocenters. The zero-order valence-corrected chi connectivity index (χ0v) is 14.5. The molecule has 1 unspecified atom stereocenters. The molecule has 6 heteroatoms. The van der Waals surface area contributed by atoms with Crippen LogP contribution >= 0.6 is 0 Å². The molecule has 0 spiro atoms. The molecule has 1 aliphatic heterocycles. The number of nitrogens with one attached hydrogen (secondary N) is 2. The van der Waals surface area contributed by atoms with Gasteiger partial charge < -0.3 is 19.7 Å². The first-order valence-electron chi connectivity index (χ1n) is 7.77.